The Morgan fingerprint density at radius 2 is 1.87 bits per heavy atom. The number of rotatable bonds is 8. The summed E-state index contributed by atoms with van der Waals surface area (Å²) in [6.07, 6.45) is 2.50. The summed E-state index contributed by atoms with van der Waals surface area (Å²) in [5.74, 6) is 0.132. The summed E-state index contributed by atoms with van der Waals surface area (Å²) in [5, 5.41) is 10.0. The summed E-state index contributed by atoms with van der Waals surface area (Å²) in [5.41, 5.74) is 4.86. The number of para-hydroxylation sites is 1. The second-order valence-electron chi connectivity index (χ2n) is 8.05. The van der Waals surface area contributed by atoms with Crippen LogP contribution in [0.5, 0.6) is 5.75 Å². The van der Waals surface area contributed by atoms with Crippen molar-refractivity contribution >= 4 is 22.8 Å². The van der Waals surface area contributed by atoms with Crippen molar-refractivity contribution in [2.45, 2.75) is 45.2 Å². The topological polar surface area (TPSA) is 71.8 Å². The molecule has 0 unspecified atom stereocenters. The zero-order valence-electron chi connectivity index (χ0n) is 17.8. The van der Waals surface area contributed by atoms with Crippen LogP contribution in [0.3, 0.4) is 0 Å². The van der Waals surface area contributed by atoms with E-state index in [2.05, 4.69) is 41.0 Å². The molecule has 6 heteroatoms. The van der Waals surface area contributed by atoms with Crippen LogP contribution in [0.15, 0.2) is 48.5 Å². The van der Waals surface area contributed by atoms with E-state index in [1.165, 1.54) is 22.2 Å². The molecule has 3 aromatic rings. The molecule has 1 aromatic heterocycles. The molecule has 1 N–H and O–H groups in total. The van der Waals surface area contributed by atoms with E-state index < -0.39 is 5.97 Å². The average molecular weight is 421 g/mol. The van der Waals surface area contributed by atoms with Gasteiger partial charge in [-0.3, -0.25) is 9.59 Å². The lowest BCUT2D eigenvalue weighted by Crippen LogP contribution is -2.36. The lowest BCUT2D eigenvalue weighted by molar-refractivity contribution is -0.137. The Hall–Kier alpha value is -3.28. The van der Waals surface area contributed by atoms with Gasteiger partial charge in [-0.15, -0.1) is 0 Å². The maximum absolute atomic E-state index is 12.8. The zero-order valence-corrected chi connectivity index (χ0v) is 17.8. The number of methoxy groups -OCH3 is 1. The molecule has 1 aliphatic heterocycles. The van der Waals surface area contributed by atoms with Crippen molar-refractivity contribution in [1.29, 1.82) is 0 Å². The molecule has 2 aromatic carbocycles. The number of nitrogens with zero attached hydrogens (tertiary/aromatic N) is 2. The van der Waals surface area contributed by atoms with Crippen molar-refractivity contribution in [2.75, 3.05) is 13.7 Å². The van der Waals surface area contributed by atoms with Gasteiger partial charge in [0.25, 0.3) is 0 Å². The van der Waals surface area contributed by atoms with E-state index in [1.807, 2.05) is 17.0 Å². The zero-order chi connectivity index (χ0) is 21.8. The second kappa shape index (κ2) is 9.25. The van der Waals surface area contributed by atoms with Crippen LogP contribution in [-0.2, 0) is 29.1 Å². The minimum absolute atomic E-state index is 0.106. The fraction of sp³-hybridized carbons (Fsp3) is 0.360. The van der Waals surface area contributed by atoms with Crippen LogP contribution in [0.2, 0.25) is 0 Å². The molecule has 0 saturated heterocycles. The Bertz CT molecular complexity index is 1100. The summed E-state index contributed by atoms with van der Waals surface area (Å²) in [6, 6.07) is 16.5. The van der Waals surface area contributed by atoms with E-state index in [-0.39, 0.29) is 12.3 Å². The van der Waals surface area contributed by atoms with E-state index in [4.69, 9.17) is 9.84 Å². The molecule has 1 aliphatic rings. The van der Waals surface area contributed by atoms with Gasteiger partial charge in [0.1, 0.15) is 5.75 Å². The van der Waals surface area contributed by atoms with Crippen molar-refractivity contribution < 1.29 is 19.4 Å². The molecule has 0 saturated carbocycles. The smallest absolute Gasteiger partial charge is 0.303 e. The molecule has 1 amide bonds. The van der Waals surface area contributed by atoms with Gasteiger partial charge in [-0.25, -0.2) is 0 Å². The number of carbonyl (C=O) groups excluding carboxylic acids is 1. The molecule has 2 heterocycles. The van der Waals surface area contributed by atoms with Gasteiger partial charge in [-0.05, 0) is 48.6 Å². The highest BCUT2D eigenvalue weighted by Gasteiger charge is 2.26. The Morgan fingerprint density at radius 3 is 2.68 bits per heavy atom. The summed E-state index contributed by atoms with van der Waals surface area (Å²) in [7, 11) is 1.67. The van der Waals surface area contributed by atoms with Crippen molar-refractivity contribution in [3.63, 3.8) is 0 Å². The number of aliphatic carboxylic acids is 1. The largest absolute Gasteiger partial charge is 0.497 e. The fourth-order valence-electron chi connectivity index (χ4n) is 4.45. The van der Waals surface area contributed by atoms with E-state index >= 15 is 0 Å². The molecule has 4 rings (SSSR count). The first kappa shape index (κ1) is 21.0. The van der Waals surface area contributed by atoms with Crippen molar-refractivity contribution in [3.8, 4) is 5.75 Å². The highest BCUT2D eigenvalue weighted by atomic mass is 16.5. The first-order valence-electron chi connectivity index (χ1n) is 10.8. The van der Waals surface area contributed by atoms with Crippen molar-refractivity contribution in [2.24, 2.45) is 0 Å². The SMILES string of the molecule is COc1cccc(Cn2c3c(c4ccccc42)CCN(C(=O)CCCCC(=O)O)C3)c1. The van der Waals surface area contributed by atoms with Gasteiger partial charge in [-0.1, -0.05) is 30.3 Å². The highest BCUT2D eigenvalue weighted by molar-refractivity contribution is 5.86. The maximum Gasteiger partial charge on any atom is 0.303 e. The van der Waals surface area contributed by atoms with Gasteiger partial charge in [0.2, 0.25) is 5.91 Å². The van der Waals surface area contributed by atoms with Gasteiger partial charge < -0.3 is 19.3 Å². The first-order valence-corrected chi connectivity index (χ1v) is 10.8. The molecule has 6 nitrogen and oxygen atoms in total. The molecule has 0 aliphatic carbocycles. The summed E-state index contributed by atoms with van der Waals surface area (Å²) in [6.45, 7) is 2.01. The third kappa shape index (κ3) is 4.58. The summed E-state index contributed by atoms with van der Waals surface area (Å²) < 4.78 is 7.71. The van der Waals surface area contributed by atoms with Gasteiger partial charge >= 0.3 is 5.97 Å². The minimum Gasteiger partial charge on any atom is -0.497 e. The summed E-state index contributed by atoms with van der Waals surface area (Å²) >= 11 is 0. The monoisotopic (exact) mass is 420 g/mol. The predicted molar refractivity (Wildman–Crippen MR) is 119 cm³/mol. The molecular formula is C25H28N2O4. The van der Waals surface area contributed by atoms with E-state index in [0.29, 0.717) is 38.9 Å². The second-order valence-corrected chi connectivity index (χ2v) is 8.05. The Balaban J connectivity index is 1.58. The van der Waals surface area contributed by atoms with Crippen LogP contribution in [0.1, 0.15) is 42.5 Å². The van der Waals surface area contributed by atoms with Crippen LogP contribution in [0, 0.1) is 0 Å². The average Bonchev–Trinajstić information content (AvgIpc) is 3.09. The van der Waals surface area contributed by atoms with Gasteiger partial charge in [0.15, 0.2) is 0 Å². The third-order valence-electron chi connectivity index (χ3n) is 6.03. The van der Waals surface area contributed by atoms with Crippen LogP contribution < -0.4 is 4.74 Å². The number of fused-ring (bicyclic) bond motifs is 3. The molecule has 31 heavy (non-hydrogen) atoms. The number of amides is 1. The number of carboxylic acid groups (broad SMARTS) is 1. The molecule has 0 spiro atoms. The quantitative estimate of drug-likeness (QED) is 0.554. The van der Waals surface area contributed by atoms with Crippen LogP contribution in [0.25, 0.3) is 10.9 Å². The number of carbonyl (C=O) groups is 2. The Kier molecular flexibility index (Phi) is 6.26. The predicted octanol–water partition coefficient (Wildman–Crippen LogP) is 4.23. The Labute approximate surface area is 182 Å². The molecule has 0 fully saturated rings. The van der Waals surface area contributed by atoms with Crippen LogP contribution in [0.4, 0.5) is 0 Å². The van der Waals surface area contributed by atoms with Gasteiger partial charge in [-0.2, -0.15) is 0 Å². The number of unbranched alkanes of at least 4 members (excludes halogenated alkanes) is 1. The lowest BCUT2D eigenvalue weighted by atomic mass is 10.0. The first-order chi connectivity index (χ1) is 15.1. The Morgan fingerprint density at radius 1 is 1.06 bits per heavy atom. The number of benzene rings is 2. The van der Waals surface area contributed by atoms with Crippen molar-refractivity contribution in [3.05, 3.63) is 65.4 Å². The third-order valence-corrected chi connectivity index (χ3v) is 6.03. The van der Waals surface area contributed by atoms with E-state index in [9.17, 15) is 9.59 Å². The molecule has 0 bridgehead atoms. The molecular weight excluding hydrogens is 392 g/mol. The number of aromatic nitrogens is 1. The van der Waals surface area contributed by atoms with E-state index in [0.717, 1.165) is 17.7 Å². The summed E-state index contributed by atoms with van der Waals surface area (Å²) in [4.78, 5) is 25.4. The fourth-order valence-corrected chi connectivity index (χ4v) is 4.45. The maximum atomic E-state index is 12.8. The highest BCUT2D eigenvalue weighted by Crippen LogP contribution is 2.32. The van der Waals surface area contributed by atoms with Crippen LogP contribution >= 0.6 is 0 Å². The number of hydrogen-bond donors (Lipinski definition) is 1. The number of ether oxygens (including phenoxy) is 1. The molecule has 0 atom stereocenters. The molecule has 0 radical (unpaired) electrons. The normalized spacial score (nSPS) is 13.3. The molecule has 162 valence electrons. The number of hydrogen-bond acceptors (Lipinski definition) is 3. The van der Waals surface area contributed by atoms with Gasteiger partial charge in [0.05, 0.1) is 13.7 Å². The minimum atomic E-state index is -0.808. The number of carboxylic acids is 1. The van der Waals surface area contributed by atoms with Crippen LogP contribution in [-0.4, -0.2) is 40.1 Å². The van der Waals surface area contributed by atoms with Gasteiger partial charge in [0, 0.05) is 42.5 Å². The van der Waals surface area contributed by atoms with Crippen molar-refractivity contribution in [1.82, 2.24) is 9.47 Å². The standard InChI is InChI=1S/C25H28N2O4/c1-31-19-8-6-7-18(15-19)16-27-22-10-3-2-9-20(22)21-13-14-26(17-23(21)27)24(28)11-4-5-12-25(29)30/h2-3,6-10,15H,4-5,11-14,16-17H2,1H3,(H,29,30). The lowest BCUT2D eigenvalue weighted by Gasteiger charge is -2.29. The van der Waals surface area contributed by atoms with E-state index in [1.54, 1.807) is 7.11 Å².